The number of carbonyl (C=O) groups excluding carboxylic acids is 1. The summed E-state index contributed by atoms with van der Waals surface area (Å²) in [5.74, 6) is 0.218. The molecule has 1 fully saturated rings. The summed E-state index contributed by atoms with van der Waals surface area (Å²) in [6.45, 7) is 1.53. The molecule has 162 valence electrons. The standard InChI is InChI=1S/C20H21F3N2O4S/c1-15(29-16-7-3-2-4-8-16)19(26)24-11-13-25(14-12-24)30(27,28)18-10-6-5-9-17(18)20(21,22)23/h2-10,15H,11-14H2,1H3. The number of amides is 1. The third-order valence-corrected chi connectivity index (χ3v) is 6.72. The van der Waals surface area contributed by atoms with Crippen LogP contribution in [0.4, 0.5) is 13.2 Å². The molecule has 0 N–H and O–H groups in total. The molecular formula is C20H21F3N2O4S. The Morgan fingerprint density at radius 3 is 2.13 bits per heavy atom. The molecule has 0 saturated carbocycles. The van der Waals surface area contributed by atoms with E-state index in [0.717, 1.165) is 22.5 Å². The molecule has 3 rings (SSSR count). The van der Waals surface area contributed by atoms with Gasteiger partial charge in [0.15, 0.2) is 6.10 Å². The molecule has 6 nitrogen and oxygen atoms in total. The van der Waals surface area contributed by atoms with Gasteiger partial charge in [0.2, 0.25) is 10.0 Å². The molecule has 1 aliphatic heterocycles. The Labute approximate surface area is 172 Å². The second kappa shape index (κ2) is 8.65. The molecule has 10 heteroatoms. The van der Waals surface area contributed by atoms with Gasteiger partial charge in [-0.05, 0) is 31.2 Å². The quantitative estimate of drug-likeness (QED) is 0.714. The van der Waals surface area contributed by atoms with Crippen molar-refractivity contribution in [1.82, 2.24) is 9.21 Å². The first-order chi connectivity index (χ1) is 14.1. The Hall–Kier alpha value is -2.59. The molecule has 0 spiro atoms. The Balaban J connectivity index is 1.67. The zero-order chi connectivity index (χ0) is 21.9. The second-order valence-electron chi connectivity index (χ2n) is 6.80. The van der Waals surface area contributed by atoms with Crippen molar-refractivity contribution in [3.8, 4) is 5.75 Å². The predicted molar refractivity (Wildman–Crippen MR) is 103 cm³/mol. The predicted octanol–water partition coefficient (Wildman–Crippen LogP) is 3.01. The number of halogens is 3. The van der Waals surface area contributed by atoms with Crippen molar-refractivity contribution in [3.05, 3.63) is 60.2 Å². The number of rotatable bonds is 5. The molecule has 2 aromatic rings. The van der Waals surface area contributed by atoms with Crippen molar-refractivity contribution < 1.29 is 31.1 Å². The summed E-state index contributed by atoms with van der Waals surface area (Å²) >= 11 is 0. The van der Waals surface area contributed by atoms with Crippen molar-refractivity contribution in [2.24, 2.45) is 0 Å². The monoisotopic (exact) mass is 442 g/mol. The maximum atomic E-state index is 13.2. The maximum Gasteiger partial charge on any atom is 0.417 e. The lowest BCUT2D eigenvalue weighted by Gasteiger charge is -2.35. The van der Waals surface area contributed by atoms with E-state index in [1.165, 1.54) is 11.0 Å². The molecule has 0 bridgehead atoms. The van der Waals surface area contributed by atoms with Gasteiger partial charge in [-0.1, -0.05) is 30.3 Å². The van der Waals surface area contributed by atoms with E-state index in [9.17, 15) is 26.4 Å². The van der Waals surface area contributed by atoms with Crippen LogP contribution in [-0.4, -0.2) is 55.8 Å². The van der Waals surface area contributed by atoms with E-state index < -0.39 is 32.8 Å². The van der Waals surface area contributed by atoms with E-state index in [1.54, 1.807) is 31.2 Å². The molecule has 0 aliphatic carbocycles. The minimum atomic E-state index is -4.79. The number of ether oxygens (including phenoxy) is 1. The van der Waals surface area contributed by atoms with Crippen molar-refractivity contribution in [2.45, 2.75) is 24.1 Å². The average molecular weight is 442 g/mol. The fourth-order valence-corrected chi connectivity index (χ4v) is 4.86. The molecule has 1 heterocycles. The highest BCUT2D eigenvalue weighted by Crippen LogP contribution is 2.35. The number of hydrogen-bond donors (Lipinski definition) is 0. The summed E-state index contributed by atoms with van der Waals surface area (Å²) in [5, 5.41) is 0. The fourth-order valence-electron chi connectivity index (χ4n) is 3.22. The molecule has 1 amide bonds. The number of hydrogen-bond acceptors (Lipinski definition) is 4. The van der Waals surface area contributed by atoms with Gasteiger partial charge in [0.25, 0.3) is 5.91 Å². The molecule has 0 aromatic heterocycles. The van der Waals surface area contributed by atoms with Crippen LogP contribution in [0.1, 0.15) is 12.5 Å². The molecule has 1 atom stereocenters. The lowest BCUT2D eigenvalue weighted by atomic mass is 10.2. The minimum Gasteiger partial charge on any atom is -0.481 e. The van der Waals surface area contributed by atoms with E-state index in [0.29, 0.717) is 5.75 Å². The van der Waals surface area contributed by atoms with E-state index in [2.05, 4.69) is 0 Å². The maximum absolute atomic E-state index is 13.2. The van der Waals surface area contributed by atoms with Gasteiger partial charge in [-0.3, -0.25) is 4.79 Å². The normalized spacial score (nSPS) is 16.9. The van der Waals surface area contributed by atoms with E-state index in [-0.39, 0.29) is 32.1 Å². The topological polar surface area (TPSA) is 66.9 Å². The van der Waals surface area contributed by atoms with E-state index in [1.807, 2.05) is 6.07 Å². The molecule has 1 unspecified atom stereocenters. The summed E-state index contributed by atoms with van der Waals surface area (Å²) < 4.78 is 71.9. The van der Waals surface area contributed by atoms with Gasteiger partial charge in [0.1, 0.15) is 5.75 Å². The third-order valence-electron chi connectivity index (χ3n) is 4.76. The Kier molecular flexibility index (Phi) is 6.37. The fraction of sp³-hybridized carbons (Fsp3) is 0.350. The van der Waals surface area contributed by atoms with E-state index >= 15 is 0 Å². The van der Waals surface area contributed by atoms with Crippen molar-refractivity contribution in [1.29, 1.82) is 0 Å². The van der Waals surface area contributed by atoms with Crippen LogP contribution in [0.15, 0.2) is 59.5 Å². The smallest absolute Gasteiger partial charge is 0.417 e. The molecule has 1 aliphatic rings. The molecule has 2 aromatic carbocycles. The lowest BCUT2D eigenvalue weighted by Crippen LogP contribution is -2.53. The Morgan fingerprint density at radius 2 is 1.53 bits per heavy atom. The lowest BCUT2D eigenvalue weighted by molar-refractivity contribution is -0.140. The summed E-state index contributed by atoms with van der Waals surface area (Å²) in [4.78, 5) is 13.3. The number of piperazine rings is 1. The van der Waals surface area contributed by atoms with Crippen LogP contribution in [0.25, 0.3) is 0 Å². The van der Waals surface area contributed by atoms with Gasteiger partial charge in [-0.15, -0.1) is 0 Å². The molecule has 0 radical (unpaired) electrons. The Bertz CT molecular complexity index is 989. The molecule has 1 saturated heterocycles. The second-order valence-corrected chi connectivity index (χ2v) is 8.70. The summed E-state index contributed by atoms with van der Waals surface area (Å²) in [7, 11) is -4.35. The molecular weight excluding hydrogens is 421 g/mol. The van der Waals surface area contributed by atoms with Crippen LogP contribution in [0.5, 0.6) is 5.75 Å². The number of carbonyl (C=O) groups is 1. The number of sulfonamides is 1. The summed E-state index contributed by atoms with van der Waals surface area (Å²) in [5.41, 5.74) is -1.20. The zero-order valence-corrected chi connectivity index (χ0v) is 17.0. The average Bonchev–Trinajstić information content (AvgIpc) is 2.73. The van der Waals surface area contributed by atoms with Gasteiger partial charge in [-0.25, -0.2) is 8.42 Å². The van der Waals surface area contributed by atoms with Crippen LogP contribution < -0.4 is 4.74 Å². The van der Waals surface area contributed by atoms with Gasteiger partial charge in [0, 0.05) is 26.2 Å². The van der Waals surface area contributed by atoms with Crippen molar-refractivity contribution in [2.75, 3.05) is 26.2 Å². The van der Waals surface area contributed by atoms with Gasteiger partial charge in [0.05, 0.1) is 10.5 Å². The zero-order valence-electron chi connectivity index (χ0n) is 16.2. The van der Waals surface area contributed by atoms with E-state index in [4.69, 9.17) is 4.74 Å². The van der Waals surface area contributed by atoms with Crippen molar-refractivity contribution >= 4 is 15.9 Å². The summed E-state index contributed by atoms with van der Waals surface area (Å²) in [6.07, 6.45) is -5.56. The van der Waals surface area contributed by atoms with Crippen LogP contribution >= 0.6 is 0 Å². The van der Waals surface area contributed by atoms with Crippen LogP contribution in [0.3, 0.4) is 0 Å². The van der Waals surface area contributed by atoms with Crippen LogP contribution in [0.2, 0.25) is 0 Å². The first-order valence-electron chi connectivity index (χ1n) is 9.27. The van der Waals surface area contributed by atoms with Crippen LogP contribution in [-0.2, 0) is 21.0 Å². The number of benzene rings is 2. The van der Waals surface area contributed by atoms with Gasteiger partial charge >= 0.3 is 6.18 Å². The SMILES string of the molecule is CC(Oc1ccccc1)C(=O)N1CCN(S(=O)(=O)c2ccccc2C(F)(F)F)CC1. The highest BCUT2D eigenvalue weighted by atomic mass is 32.2. The van der Waals surface area contributed by atoms with Crippen molar-refractivity contribution in [3.63, 3.8) is 0 Å². The number of alkyl halides is 3. The highest BCUT2D eigenvalue weighted by Gasteiger charge is 2.40. The minimum absolute atomic E-state index is 0.0642. The third kappa shape index (κ3) is 4.76. The Morgan fingerprint density at radius 1 is 0.967 bits per heavy atom. The number of nitrogens with zero attached hydrogens (tertiary/aromatic N) is 2. The largest absolute Gasteiger partial charge is 0.481 e. The summed E-state index contributed by atoms with van der Waals surface area (Å²) in [6, 6.07) is 12.9. The molecule has 30 heavy (non-hydrogen) atoms. The number of para-hydroxylation sites is 1. The first kappa shape index (κ1) is 22.1. The highest BCUT2D eigenvalue weighted by molar-refractivity contribution is 7.89. The first-order valence-corrected chi connectivity index (χ1v) is 10.7. The van der Waals surface area contributed by atoms with Crippen LogP contribution in [0, 0.1) is 0 Å². The van der Waals surface area contributed by atoms with Gasteiger partial charge < -0.3 is 9.64 Å². The van der Waals surface area contributed by atoms with Gasteiger partial charge in [-0.2, -0.15) is 17.5 Å².